The number of carbonyl (C=O) groups excluding carboxylic acids is 1. The molecule has 3 aromatic rings. The number of carbonyl (C=O) groups is 1. The van der Waals surface area contributed by atoms with Crippen LogP contribution in [0.5, 0.6) is 0 Å². The molecular formula is C27H33N5O. The zero-order chi connectivity index (χ0) is 22.5. The molecule has 1 N–H and O–H groups in total. The summed E-state index contributed by atoms with van der Waals surface area (Å²) in [5, 5.41) is 0. The molecule has 0 aliphatic carbocycles. The van der Waals surface area contributed by atoms with Crippen LogP contribution in [0.4, 0.5) is 0 Å². The molecule has 2 aromatic carbocycles. The van der Waals surface area contributed by atoms with E-state index in [0.29, 0.717) is 5.91 Å². The first-order valence-electron chi connectivity index (χ1n) is 12.1. The summed E-state index contributed by atoms with van der Waals surface area (Å²) in [6.07, 6.45) is 6.29. The summed E-state index contributed by atoms with van der Waals surface area (Å²) in [5.41, 5.74) is 3.34. The van der Waals surface area contributed by atoms with Gasteiger partial charge in [0.25, 0.3) is 0 Å². The van der Waals surface area contributed by atoms with E-state index in [-0.39, 0.29) is 5.92 Å². The van der Waals surface area contributed by atoms with Crippen molar-refractivity contribution in [2.24, 2.45) is 5.92 Å². The Bertz CT molecular complexity index is 1040. The van der Waals surface area contributed by atoms with Crippen LogP contribution >= 0.6 is 0 Å². The highest BCUT2D eigenvalue weighted by Crippen LogP contribution is 2.22. The van der Waals surface area contributed by atoms with Crippen LogP contribution in [0.25, 0.3) is 17.1 Å². The van der Waals surface area contributed by atoms with E-state index in [1.54, 1.807) is 0 Å². The lowest BCUT2D eigenvalue weighted by molar-refractivity contribution is -0.138. The normalized spacial score (nSPS) is 19.0. The molecule has 6 nitrogen and oxygen atoms in total. The van der Waals surface area contributed by atoms with E-state index >= 15 is 0 Å². The van der Waals surface area contributed by atoms with E-state index in [1.165, 1.54) is 5.56 Å². The molecule has 3 heterocycles. The number of piperazine rings is 1. The summed E-state index contributed by atoms with van der Waals surface area (Å²) in [6.45, 7) is 7.28. The molecule has 0 radical (unpaired) electrons. The van der Waals surface area contributed by atoms with Crippen molar-refractivity contribution in [1.29, 1.82) is 0 Å². The maximum absolute atomic E-state index is 13.1. The Morgan fingerprint density at radius 1 is 0.909 bits per heavy atom. The summed E-state index contributed by atoms with van der Waals surface area (Å²) in [4.78, 5) is 28.2. The molecule has 2 aliphatic rings. The molecule has 33 heavy (non-hydrogen) atoms. The van der Waals surface area contributed by atoms with Crippen molar-refractivity contribution in [2.75, 3.05) is 45.8 Å². The lowest BCUT2D eigenvalue weighted by Crippen LogP contribution is -2.51. The lowest BCUT2D eigenvalue weighted by Gasteiger charge is -2.38. The highest BCUT2D eigenvalue weighted by Gasteiger charge is 2.30. The number of aromatic nitrogens is 2. The molecule has 0 bridgehead atoms. The fourth-order valence-corrected chi connectivity index (χ4v) is 4.94. The van der Waals surface area contributed by atoms with Crippen LogP contribution in [0, 0.1) is 5.92 Å². The Kier molecular flexibility index (Phi) is 6.84. The number of hydrogen-bond donors (Lipinski definition) is 1. The van der Waals surface area contributed by atoms with Gasteiger partial charge in [-0.15, -0.1) is 0 Å². The number of imidazole rings is 1. The van der Waals surface area contributed by atoms with E-state index in [1.807, 2.05) is 24.3 Å². The van der Waals surface area contributed by atoms with Crippen molar-refractivity contribution >= 4 is 23.0 Å². The number of likely N-dealkylation sites (tertiary alicyclic amines) is 1. The molecule has 0 saturated carbocycles. The second-order valence-corrected chi connectivity index (χ2v) is 9.19. The Morgan fingerprint density at radius 3 is 2.39 bits per heavy atom. The molecule has 0 unspecified atom stereocenters. The average Bonchev–Trinajstić information content (AvgIpc) is 3.27. The molecule has 2 saturated heterocycles. The number of nitrogens with zero attached hydrogens (tertiary/aromatic N) is 4. The van der Waals surface area contributed by atoms with Gasteiger partial charge >= 0.3 is 0 Å². The second kappa shape index (κ2) is 10.3. The molecule has 0 spiro atoms. The number of aromatic amines is 1. The Balaban J connectivity index is 1.04. The van der Waals surface area contributed by atoms with Crippen LogP contribution in [0.3, 0.4) is 0 Å². The van der Waals surface area contributed by atoms with Crippen molar-refractivity contribution in [1.82, 2.24) is 24.7 Å². The van der Waals surface area contributed by atoms with E-state index in [4.69, 9.17) is 4.98 Å². The van der Waals surface area contributed by atoms with E-state index in [0.717, 1.165) is 82.1 Å². The predicted molar refractivity (Wildman–Crippen MR) is 133 cm³/mol. The largest absolute Gasteiger partial charge is 0.341 e. The van der Waals surface area contributed by atoms with Crippen molar-refractivity contribution < 1.29 is 4.79 Å². The molecule has 5 rings (SSSR count). The van der Waals surface area contributed by atoms with Gasteiger partial charge in [-0.3, -0.25) is 14.6 Å². The second-order valence-electron chi connectivity index (χ2n) is 9.19. The Morgan fingerprint density at radius 2 is 1.64 bits per heavy atom. The van der Waals surface area contributed by atoms with E-state index in [9.17, 15) is 4.79 Å². The minimum atomic E-state index is 0.168. The molecule has 0 atom stereocenters. The minimum absolute atomic E-state index is 0.168. The first-order valence-corrected chi connectivity index (χ1v) is 12.1. The first-order chi connectivity index (χ1) is 16.2. The maximum Gasteiger partial charge on any atom is 0.225 e. The van der Waals surface area contributed by atoms with Crippen LogP contribution < -0.4 is 0 Å². The minimum Gasteiger partial charge on any atom is -0.341 e. The van der Waals surface area contributed by atoms with Crippen LogP contribution in [0.2, 0.25) is 0 Å². The molecular weight excluding hydrogens is 410 g/mol. The monoisotopic (exact) mass is 443 g/mol. The molecule has 1 amide bonds. The molecule has 172 valence electrons. The van der Waals surface area contributed by atoms with E-state index in [2.05, 4.69) is 62.2 Å². The van der Waals surface area contributed by atoms with Gasteiger partial charge < -0.3 is 9.88 Å². The fourth-order valence-electron chi connectivity index (χ4n) is 4.94. The van der Waals surface area contributed by atoms with E-state index < -0.39 is 0 Å². The van der Waals surface area contributed by atoms with Gasteiger partial charge in [-0.05, 0) is 43.6 Å². The lowest BCUT2D eigenvalue weighted by atomic mass is 9.95. The van der Waals surface area contributed by atoms with Crippen molar-refractivity contribution in [3.63, 3.8) is 0 Å². The topological polar surface area (TPSA) is 55.5 Å². The number of benzene rings is 2. The Hall–Kier alpha value is -2.96. The van der Waals surface area contributed by atoms with Crippen molar-refractivity contribution in [3.8, 4) is 0 Å². The van der Waals surface area contributed by atoms with Crippen molar-refractivity contribution in [3.05, 3.63) is 72.1 Å². The zero-order valence-corrected chi connectivity index (χ0v) is 19.2. The summed E-state index contributed by atoms with van der Waals surface area (Å²) in [6, 6.07) is 18.6. The number of nitrogens with one attached hydrogen (secondary N) is 1. The van der Waals surface area contributed by atoms with Gasteiger partial charge in [-0.1, -0.05) is 54.6 Å². The van der Waals surface area contributed by atoms with Crippen LogP contribution in [0.1, 0.15) is 24.2 Å². The number of amides is 1. The summed E-state index contributed by atoms with van der Waals surface area (Å²) >= 11 is 0. The third-order valence-corrected chi connectivity index (χ3v) is 6.91. The fraction of sp³-hybridized carbons (Fsp3) is 0.407. The number of fused-ring (bicyclic) bond motifs is 1. The SMILES string of the molecule is O=C(C1CCN(Cc2nc3ccccc3[nH]2)CC1)N1CCN(CC=Cc2ccccc2)CC1. The molecule has 2 fully saturated rings. The Labute approximate surface area is 195 Å². The van der Waals surface area contributed by atoms with Gasteiger partial charge in [0.15, 0.2) is 0 Å². The third-order valence-electron chi connectivity index (χ3n) is 6.91. The molecule has 6 heteroatoms. The van der Waals surface area contributed by atoms with Crippen molar-refractivity contribution in [2.45, 2.75) is 19.4 Å². The van der Waals surface area contributed by atoms with Gasteiger partial charge in [0.2, 0.25) is 5.91 Å². The van der Waals surface area contributed by atoms with Crippen LogP contribution in [-0.2, 0) is 11.3 Å². The summed E-state index contributed by atoms with van der Waals surface area (Å²) in [5.74, 6) is 1.54. The number of rotatable bonds is 6. The summed E-state index contributed by atoms with van der Waals surface area (Å²) in [7, 11) is 0. The number of hydrogen-bond acceptors (Lipinski definition) is 4. The standard InChI is InChI=1S/C27H33N5O/c33-27(32-19-17-30(18-20-32)14-6-9-22-7-2-1-3-8-22)23-12-15-31(16-13-23)21-26-28-24-10-4-5-11-25(24)29-26/h1-11,23H,12-21H2,(H,28,29). The zero-order valence-electron chi connectivity index (χ0n) is 19.2. The number of para-hydroxylation sites is 2. The smallest absolute Gasteiger partial charge is 0.225 e. The van der Waals surface area contributed by atoms with Gasteiger partial charge in [-0.25, -0.2) is 4.98 Å². The highest BCUT2D eigenvalue weighted by atomic mass is 16.2. The number of H-pyrrole nitrogens is 1. The van der Waals surface area contributed by atoms with Crippen LogP contribution in [0.15, 0.2) is 60.7 Å². The molecule has 1 aromatic heterocycles. The summed E-state index contributed by atoms with van der Waals surface area (Å²) < 4.78 is 0. The maximum atomic E-state index is 13.1. The average molecular weight is 444 g/mol. The van der Waals surface area contributed by atoms with Gasteiger partial charge in [0.1, 0.15) is 5.82 Å². The first kappa shape index (κ1) is 21.9. The van der Waals surface area contributed by atoms with Gasteiger partial charge in [0, 0.05) is 38.6 Å². The van der Waals surface area contributed by atoms with Crippen LogP contribution in [-0.4, -0.2) is 76.4 Å². The van der Waals surface area contributed by atoms with Gasteiger partial charge in [0.05, 0.1) is 17.6 Å². The predicted octanol–water partition coefficient (Wildman–Crippen LogP) is 3.63. The highest BCUT2D eigenvalue weighted by molar-refractivity contribution is 5.79. The van der Waals surface area contributed by atoms with Gasteiger partial charge in [-0.2, -0.15) is 0 Å². The quantitative estimate of drug-likeness (QED) is 0.632. The molecule has 2 aliphatic heterocycles. The third kappa shape index (κ3) is 5.52. The number of piperidine rings is 1.